The minimum Gasteiger partial charge on any atom is -0.321 e. The molecule has 0 aliphatic rings. The molecule has 6 heteroatoms. The molecule has 2 heterocycles. The molecule has 4 rings (SSSR count). The van der Waals surface area contributed by atoms with Crippen molar-refractivity contribution in [2.24, 2.45) is 10.2 Å². The molecule has 26 heavy (non-hydrogen) atoms. The van der Waals surface area contributed by atoms with E-state index in [-0.39, 0.29) is 5.91 Å². The van der Waals surface area contributed by atoms with Gasteiger partial charge in [0.05, 0.1) is 11.4 Å². The van der Waals surface area contributed by atoms with Crippen molar-refractivity contribution in [2.75, 3.05) is 5.32 Å². The molecule has 0 spiro atoms. The van der Waals surface area contributed by atoms with E-state index in [1.807, 2.05) is 59.1 Å². The molecule has 0 aliphatic carbocycles. The second-order valence-corrected chi connectivity index (χ2v) is 5.63. The Kier molecular flexibility index (Phi) is 4.22. The number of nitrogens with zero attached hydrogens (tertiary/aromatic N) is 4. The first-order valence-electron chi connectivity index (χ1n) is 8.10. The van der Waals surface area contributed by atoms with Crippen LogP contribution in [0.3, 0.4) is 0 Å². The fraction of sp³-hybridized carbons (Fsp3) is 0. The van der Waals surface area contributed by atoms with Crippen molar-refractivity contribution in [3.05, 3.63) is 90.9 Å². The molecule has 1 N–H and O–H groups in total. The summed E-state index contributed by atoms with van der Waals surface area (Å²) in [6.45, 7) is 0. The average Bonchev–Trinajstić information content (AvgIpc) is 3.13. The normalized spacial score (nSPS) is 11.1. The first-order valence-corrected chi connectivity index (χ1v) is 8.10. The Labute approximate surface area is 149 Å². The van der Waals surface area contributed by atoms with Crippen LogP contribution >= 0.6 is 0 Å². The Morgan fingerprint density at radius 1 is 0.846 bits per heavy atom. The number of imidazole rings is 1. The summed E-state index contributed by atoms with van der Waals surface area (Å²) in [5.41, 5.74) is 3.26. The molecule has 0 bridgehead atoms. The Morgan fingerprint density at radius 3 is 2.27 bits per heavy atom. The van der Waals surface area contributed by atoms with Crippen LogP contribution in [0.4, 0.5) is 17.1 Å². The Hall–Kier alpha value is -3.80. The predicted molar refractivity (Wildman–Crippen MR) is 100 cm³/mol. The lowest BCUT2D eigenvalue weighted by Gasteiger charge is -2.03. The number of anilines is 1. The van der Waals surface area contributed by atoms with E-state index in [1.165, 1.54) is 0 Å². The van der Waals surface area contributed by atoms with Gasteiger partial charge in [-0.05, 0) is 48.5 Å². The van der Waals surface area contributed by atoms with Crippen LogP contribution in [0.25, 0.3) is 5.65 Å². The third kappa shape index (κ3) is 3.49. The molecule has 0 radical (unpaired) electrons. The first kappa shape index (κ1) is 15.7. The van der Waals surface area contributed by atoms with Gasteiger partial charge in [-0.2, -0.15) is 10.2 Å². The number of rotatable bonds is 4. The zero-order chi connectivity index (χ0) is 17.8. The maximum Gasteiger partial charge on any atom is 0.275 e. The summed E-state index contributed by atoms with van der Waals surface area (Å²) in [5, 5.41) is 11.2. The number of pyridine rings is 1. The first-order chi connectivity index (χ1) is 12.8. The van der Waals surface area contributed by atoms with Crippen LogP contribution in [-0.2, 0) is 0 Å². The van der Waals surface area contributed by atoms with Crippen LogP contribution in [0.1, 0.15) is 10.5 Å². The maximum absolute atomic E-state index is 12.4. The van der Waals surface area contributed by atoms with E-state index in [1.54, 1.807) is 30.5 Å². The fourth-order valence-corrected chi connectivity index (χ4v) is 2.46. The molecule has 4 aromatic rings. The van der Waals surface area contributed by atoms with Gasteiger partial charge in [0.15, 0.2) is 0 Å². The van der Waals surface area contributed by atoms with Crippen LogP contribution in [0.5, 0.6) is 0 Å². The van der Waals surface area contributed by atoms with Crippen molar-refractivity contribution < 1.29 is 4.79 Å². The quantitative estimate of drug-likeness (QED) is 0.530. The van der Waals surface area contributed by atoms with Gasteiger partial charge in [-0.15, -0.1) is 0 Å². The number of amides is 1. The number of hydrogen-bond donors (Lipinski definition) is 1. The Bertz CT molecular complexity index is 1040. The Morgan fingerprint density at radius 2 is 1.54 bits per heavy atom. The third-order valence-electron chi connectivity index (χ3n) is 3.76. The summed E-state index contributed by atoms with van der Waals surface area (Å²) < 4.78 is 1.81. The highest BCUT2D eigenvalue weighted by Crippen LogP contribution is 2.20. The molecule has 0 atom stereocenters. The molecule has 126 valence electrons. The number of aromatic nitrogens is 2. The molecular formula is C20H15N5O. The van der Waals surface area contributed by atoms with Crippen molar-refractivity contribution in [3.63, 3.8) is 0 Å². The van der Waals surface area contributed by atoms with Crippen LogP contribution in [0.15, 0.2) is 95.4 Å². The van der Waals surface area contributed by atoms with Crippen LogP contribution in [0.2, 0.25) is 0 Å². The molecule has 0 fully saturated rings. The van der Waals surface area contributed by atoms with E-state index < -0.39 is 0 Å². The zero-order valence-corrected chi connectivity index (χ0v) is 13.8. The smallest absolute Gasteiger partial charge is 0.275 e. The van der Waals surface area contributed by atoms with Gasteiger partial charge in [0.2, 0.25) is 0 Å². The van der Waals surface area contributed by atoms with E-state index in [4.69, 9.17) is 0 Å². The lowest BCUT2D eigenvalue weighted by molar-refractivity contribution is 0.102. The molecule has 2 aromatic heterocycles. The molecule has 6 nitrogen and oxygen atoms in total. The number of azo groups is 1. The minimum atomic E-state index is -0.257. The van der Waals surface area contributed by atoms with E-state index in [9.17, 15) is 4.79 Å². The number of benzene rings is 2. The molecular weight excluding hydrogens is 326 g/mol. The summed E-state index contributed by atoms with van der Waals surface area (Å²) in [6, 6.07) is 22.3. The topological polar surface area (TPSA) is 71.1 Å². The van der Waals surface area contributed by atoms with Crippen molar-refractivity contribution in [1.29, 1.82) is 0 Å². The highest BCUT2D eigenvalue weighted by atomic mass is 16.1. The van der Waals surface area contributed by atoms with Gasteiger partial charge in [-0.3, -0.25) is 4.79 Å². The van der Waals surface area contributed by atoms with Gasteiger partial charge in [-0.1, -0.05) is 24.3 Å². The van der Waals surface area contributed by atoms with Crippen LogP contribution in [0, 0.1) is 0 Å². The van der Waals surface area contributed by atoms with Gasteiger partial charge in [0.1, 0.15) is 11.3 Å². The number of hydrogen-bond acceptors (Lipinski definition) is 4. The van der Waals surface area contributed by atoms with Crippen molar-refractivity contribution in [3.8, 4) is 0 Å². The standard InChI is InChI=1S/C20H15N5O/c26-20(18-14-25-13-5-4-8-19(25)22-18)21-15-9-11-17(12-10-15)24-23-16-6-2-1-3-7-16/h1-14H,(H,21,26). The number of fused-ring (bicyclic) bond motifs is 1. The van der Waals surface area contributed by atoms with Crippen molar-refractivity contribution >= 4 is 28.6 Å². The number of nitrogens with one attached hydrogen (secondary N) is 1. The molecule has 1 amide bonds. The second kappa shape index (κ2) is 6.98. The molecule has 0 saturated heterocycles. The van der Waals surface area contributed by atoms with Crippen molar-refractivity contribution in [2.45, 2.75) is 0 Å². The minimum absolute atomic E-state index is 0.257. The lowest BCUT2D eigenvalue weighted by atomic mass is 10.3. The van der Waals surface area contributed by atoms with Gasteiger partial charge in [0.25, 0.3) is 5.91 Å². The van der Waals surface area contributed by atoms with E-state index in [0.29, 0.717) is 17.1 Å². The van der Waals surface area contributed by atoms with E-state index >= 15 is 0 Å². The van der Waals surface area contributed by atoms with Crippen LogP contribution in [-0.4, -0.2) is 15.3 Å². The molecule has 0 saturated carbocycles. The second-order valence-electron chi connectivity index (χ2n) is 5.63. The van der Waals surface area contributed by atoms with Gasteiger partial charge < -0.3 is 9.72 Å². The number of carbonyl (C=O) groups excluding carboxylic acids is 1. The number of carbonyl (C=O) groups is 1. The fourth-order valence-electron chi connectivity index (χ4n) is 2.46. The van der Waals surface area contributed by atoms with Crippen LogP contribution < -0.4 is 5.32 Å². The Balaban J connectivity index is 1.45. The molecule has 0 aliphatic heterocycles. The summed E-state index contributed by atoms with van der Waals surface area (Å²) in [4.78, 5) is 16.7. The largest absolute Gasteiger partial charge is 0.321 e. The average molecular weight is 341 g/mol. The molecule has 0 unspecified atom stereocenters. The molecule has 2 aromatic carbocycles. The summed E-state index contributed by atoms with van der Waals surface area (Å²) in [7, 11) is 0. The zero-order valence-electron chi connectivity index (χ0n) is 13.8. The summed E-state index contributed by atoms with van der Waals surface area (Å²) in [5.74, 6) is -0.257. The predicted octanol–water partition coefficient (Wildman–Crippen LogP) is 5.00. The highest BCUT2D eigenvalue weighted by molar-refractivity contribution is 6.03. The third-order valence-corrected chi connectivity index (χ3v) is 3.76. The summed E-state index contributed by atoms with van der Waals surface area (Å²) >= 11 is 0. The van der Waals surface area contributed by atoms with Gasteiger partial charge in [-0.25, -0.2) is 4.98 Å². The lowest BCUT2D eigenvalue weighted by Crippen LogP contribution is -2.12. The monoisotopic (exact) mass is 341 g/mol. The highest BCUT2D eigenvalue weighted by Gasteiger charge is 2.10. The SMILES string of the molecule is O=C(Nc1ccc(N=Nc2ccccc2)cc1)c1cn2ccccc2n1. The maximum atomic E-state index is 12.4. The van der Waals surface area contributed by atoms with Gasteiger partial charge in [0, 0.05) is 18.1 Å². The summed E-state index contributed by atoms with van der Waals surface area (Å²) in [6.07, 6.45) is 3.55. The van der Waals surface area contributed by atoms with E-state index in [0.717, 1.165) is 11.3 Å². The van der Waals surface area contributed by atoms with Crippen molar-refractivity contribution in [1.82, 2.24) is 9.38 Å². The van der Waals surface area contributed by atoms with Gasteiger partial charge >= 0.3 is 0 Å². The van der Waals surface area contributed by atoms with E-state index in [2.05, 4.69) is 20.5 Å².